The summed E-state index contributed by atoms with van der Waals surface area (Å²) in [5.74, 6) is -1.13. The standard InChI is InChI=1S/C21H24N2O5/c1-21(2,3)16-11-8-15(9-12-16)10-13-20(25)28-14-19(24)22-17-6-4-5-7-18(17)23(26)27/h4-9,11-12H,10,13-14H2,1-3H3,(H,22,24). The van der Waals surface area contributed by atoms with Gasteiger partial charge in [-0.05, 0) is 29.0 Å². The minimum atomic E-state index is -0.628. The number of hydrogen-bond acceptors (Lipinski definition) is 5. The molecule has 0 unspecified atom stereocenters. The summed E-state index contributed by atoms with van der Waals surface area (Å²) >= 11 is 0. The van der Waals surface area contributed by atoms with Crippen LogP contribution in [-0.2, 0) is 26.2 Å². The van der Waals surface area contributed by atoms with E-state index in [0.717, 1.165) is 5.56 Å². The maximum atomic E-state index is 11.9. The van der Waals surface area contributed by atoms with E-state index < -0.39 is 23.4 Å². The molecule has 1 amide bonds. The first kappa shape index (κ1) is 21.1. The number of nitro groups is 1. The molecule has 0 heterocycles. The molecule has 148 valence electrons. The van der Waals surface area contributed by atoms with Gasteiger partial charge in [-0.3, -0.25) is 19.7 Å². The van der Waals surface area contributed by atoms with Crippen molar-refractivity contribution >= 4 is 23.3 Å². The van der Waals surface area contributed by atoms with Gasteiger partial charge in [-0.15, -0.1) is 0 Å². The quantitative estimate of drug-likeness (QED) is 0.442. The fourth-order valence-corrected chi connectivity index (χ4v) is 2.56. The molecule has 0 aliphatic heterocycles. The number of esters is 1. The van der Waals surface area contributed by atoms with Crippen molar-refractivity contribution in [2.45, 2.75) is 39.0 Å². The summed E-state index contributed by atoms with van der Waals surface area (Å²) in [6.45, 7) is 5.91. The molecule has 0 fully saturated rings. The largest absolute Gasteiger partial charge is 0.456 e. The Balaban J connectivity index is 1.79. The summed E-state index contributed by atoms with van der Waals surface area (Å²) in [6, 6.07) is 13.8. The van der Waals surface area contributed by atoms with E-state index in [2.05, 4.69) is 26.1 Å². The zero-order valence-electron chi connectivity index (χ0n) is 16.2. The number of amides is 1. The Labute approximate surface area is 163 Å². The third-order valence-corrected chi connectivity index (χ3v) is 4.18. The molecule has 0 atom stereocenters. The van der Waals surface area contributed by atoms with Crippen LogP contribution in [0.25, 0.3) is 0 Å². The van der Waals surface area contributed by atoms with Crippen molar-refractivity contribution in [3.05, 3.63) is 69.8 Å². The lowest BCUT2D eigenvalue weighted by atomic mass is 9.86. The fraction of sp³-hybridized carbons (Fsp3) is 0.333. The van der Waals surface area contributed by atoms with Gasteiger partial charge in [0.1, 0.15) is 5.69 Å². The van der Waals surface area contributed by atoms with Gasteiger partial charge in [0.25, 0.3) is 11.6 Å². The zero-order chi connectivity index (χ0) is 20.7. The van der Waals surface area contributed by atoms with Gasteiger partial charge in [-0.25, -0.2) is 0 Å². The molecule has 0 saturated heterocycles. The Morgan fingerprint density at radius 3 is 2.32 bits per heavy atom. The second kappa shape index (κ2) is 9.12. The average Bonchev–Trinajstić information content (AvgIpc) is 2.64. The molecule has 7 nitrogen and oxygen atoms in total. The highest BCUT2D eigenvalue weighted by Gasteiger charge is 2.16. The lowest BCUT2D eigenvalue weighted by Crippen LogP contribution is -2.21. The normalized spacial score (nSPS) is 11.0. The van der Waals surface area contributed by atoms with Gasteiger partial charge in [-0.1, -0.05) is 57.2 Å². The number of carbonyl (C=O) groups is 2. The molecule has 0 bridgehead atoms. The highest BCUT2D eigenvalue weighted by molar-refractivity contribution is 5.94. The monoisotopic (exact) mass is 384 g/mol. The van der Waals surface area contributed by atoms with Crippen LogP contribution < -0.4 is 5.32 Å². The second-order valence-corrected chi connectivity index (χ2v) is 7.43. The van der Waals surface area contributed by atoms with Crippen LogP contribution >= 0.6 is 0 Å². The molecule has 2 aromatic rings. The van der Waals surface area contributed by atoms with Crippen molar-refractivity contribution in [1.82, 2.24) is 0 Å². The molecule has 7 heteroatoms. The van der Waals surface area contributed by atoms with Gasteiger partial charge in [-0.2, -0.15) is 0 Å². The molecule has 2 rings (SSSR count). The molecule has 0 saturated carbocycles. The number of nitrogens with zero attached hydrogens (tertiary/aromatic N) is 1. The van der Waals surface area contributed by atoms with Crippen LogP contribution in [0, 0.1) is 10.1 Å². The van der Waals surface area contributed by atoms with Gasteiger partial charge >= 0.3 is 5.97 Å². The minimum Gasteiger partial charge on any atom is -0.456 e. The number of hydrogen-bond donors (Lipinski definition) is 1. The number of carbonyl (C=O) groups excluding carboxylic acids is 2. The van der Waals surface area contributed by atoms with E-state index in [9.17, 15) is 19.7 Å². The predicted octanol–water partition coefficient (Wildman–Crippen LogP) is 4.01. The lowest BCUT2D eigenvalue weighted by molar-refractivity contribution is -0.383. The van der Waals surface area contributed by atoms with Gasteiger partial charge in [0.2, 0.25) is 0 Å². The van der Waals surface area contributed by atoms with E-state index in [0.29, 0.717) is 6.42 Å². The van der Waals surface area contributed by atoms with Crippen LogP contribution in [-0.4, -0.2) is 23.4 Å². The van der Waals surface area contributed by atoms with Crippen molar-refractivity contribution in [3.63, 3.8) is 0 Å². The highest BCUT2D eigenvalue weighted by atomic mass is 16.6. The van der Waals surface area contributed by atoms with E-state index in [-0.39, 0.29) is 23.2 Å². The first-order valence-corrected chi connectivity index (χ1v) is 8.95. The average molecular weight is 384 g/mol. The Hall–Kier alpha value is -3.22. The smallest absolute Gasteiger partial charge is 0.306 e. The van der Waals surface area contributed by atoms with Crippen molar-refractivity contribution < 1.29 is 19.2 Å². The lowest BCUT2D eigenvalue weighted by Gasteiger charge is -2.19. The number of para-hydroxylation sites is 2. The molecule has 28 heavy (non-hydrogen) atoms. The number of nitrogens with one attached hydrogen (secondary N) is 1. The van der Waals surface area contributed by atoms with E-state index in [4.69, 9.17) is 4.74 Å². The number of rotatable bonds is 7. The van der Waals surface area contributed by atoms with E-state index in [1.54, 1.807) is 6.07 Å². The number of aryl methyl sites for hydroxylation is 1. The van der Waals surface area contributed by atoms with E-state index in [1.807, 2.05) is 24.3 Å². The molecular formula is C21H24N2O5. The van der Waals surface area contributed by atoms with Crippen molar-refractivity contribution in [1.29, 1.82) is 0 Å². The van der Waals surface area contributed by atoms with Gasteiger partial charge in [0, 0.05) is 12.5 Å². The summed E-state index contributed by atoms with van der Waals surface area (Å²) in [4.78, 5) is 34.1. The van der Waals surface area contributed by atoms with Crippen LogP contribution in [0.4, 0.5) is 11.4 Å². The topological polar surface area (TPSA) is 98.5 Å². The van der Waals surface area contributed by atoms with E-state index >= 15 is 0 Å². The molecular weight excluding hydrogens is 360 g/mol. The van der Waals surface area contributed by atoms with Gasteiger partial charge in [0.05, 0.1) is 4.92 Å². The molecule has 0 aliphatic carbocycles. The second-order valence-electron chi connectivity index (χ2n) is 7.43. The summed E-state index contributed by atoms with van der Waals surface area (Å²) in [7, 11) is 0. The third-order valence-electron chi connectivity index (χ3n) is 4.18. The summed E-state index contributed by atoms with van der Waals surface area (Å²) in [6.07, 6.45) is 0.655. The molecule has 0 radical (unpaired) electrons. The summed E-state index contributed by atoms with van der Waals surface area (Å²) < 4.78 is 4.96. The number of anilines is 1. The molecule has 0 aromatic heterocycles. The van der Waals surface area contributed by atoms with Crippen LogP contribution in [0.5, 0.6) is 0 Å². The van der Waals surface area contributed by atoms with Gasteiger partial charge < -0.3 is 10.1 Å². The Morgan fingerprint density at radius 2 is 1.71 bits per heavy atom. The van der Waals surface area contributed by atoms with Gasteiger partial charge in [0.15, 0.2) is 6.61 Å². The first-order chi connectivity index (χ1) is 13.2. The summed E-state index contributed by atoms with van der Waals surface area (Å²) in [5.41, 5.74) is 2.13. The fourth-order valence-electron chi connectivity index (χ4n) is 2.56. The SMILES string of the molecule is CC(C)(C)c1ccc(CCC(=O)OCC(=O)Nc2ccccc2[N+](=O)[O-])cc1. The Bertz CT molecular complexity index is 854. The zero-order valence-corrected chi connectivity index (χ0v) is 16.2. The predicted molar refractivity (Wildman–Crippen MR) is 106 cm³/mol. The Kier molecular flexibility index (Phi) is 6.87. The van der Waals surface area contributed by atoms with Crippen LogP contribution in [0.3, 0.4) is 0 Å². The van der Waals surface area contributed by atoms with Crippen LogP contribution in [0.2, 0.25) is 0 Å². The Morgan fingerprint density at radius 1 is 1.07 bits per heavy atom. The minimum absolute atomic E-state index is 0.0625. The van der Waals surface area contributed by atoms with Crippen molar-refractivity contribution in [2.75, 3.05) is 11.9 Å². The van der Waals surface area contributed by atoms with Crippen molar-refractivity contribution in [2.24, 2.45) is 0 Å². The molecule has 2 aromatic carbocycles. The number of benzene rings is 2. The third kappa shape index (κ3) is 6.19. The van der Waals surface area contributed by atoms with Crippen LogP contribution in [0.1, 0.15) is 38.3 Å². The highest BCUT2D eigenvalue weighted by Crippen LogP contribution is 2.23. The molecule has 0 aliphatic rings. The van der Waals surface area contributed by atoms with Crippen LogP contribution in [0.15, 0.2) is 48.5 Å². The number of ether oxygens (including phenoxy) is 1. The maximum Gasteiger partial charge on any atom is 0.306 e. The molecule has 1 N–H and O–H groups in total. The van der Waals surface area contributed by atoms with E-state index in [1.165, 1.54) is 23.8 Å². The van der Waals surface area contributed by atoms with Crippen molar-refractivity contribution in [3.8, 4) is 0 Å². The summed E-state index contributed by atoms with van der Waals surface area (Å²) in [5, 5.41) is 13.3. The number of nitro benzene ring substituents is 1. The maximum absolute atomic E-state index is 11.9. The first-order valence-electron chi connectivity index (χ1n) is 8.95. The molecule has 0 spiro atoms.